The molecule has 1 heterocycles. The summed E-state index contributed by atoms with van der Waals surface area (Å²) in [6.45, 7) is 4.29. The highest BCUT2D eigenvalue weighted by molar-refractivity contribution is 5.76. The lowest BCUT2D eigenvalue weighted by Crippen LogP contribution is -2.60. The summed E-state index contributed by atoms with van der Waals surface area (Å²) in [4.78, 5) is 25.0. The van der Waals surface area contributed by atoms with Gasteiger partial charge in [-0.05, 0) is 51.4 Å². The van der Waals surface area contributed by atoms with Gasteiger partial charge >= 0.3 is 5.97 Å². The Bertz CT molecular complexity index is 1360. The van der Waals surface area contributed by atoms with Crippen LogP contribution in [0.4, 0.5) is 0 Å². The summed E-state index contributed by atoms with van der Waals surface area (Å²) in [5, 5.41) is 54.3. The van der Waals surface area contributed by atoms with Crippen LogP contribution in [0.2, 0.25) is 0 Å². The summed E-state index contributed by atoms with van der Waals surface area (Å²) < 4.78 is 16.7. The van der Waals surface area contributed by atoms with Gasteiger partial charge in [0.15, 0.2) is 6.29 Å². The third kappa shape index (κ3) is 43.7. The summed E-state index contributed by atoms with van der Waals surface area (Å²) in [5.41, 5.74) is 0. The molecule has 11 nitrogen and oxygen atoms in total. The van der Waals surface area contributed by atoms with E-state index >= 15 is 0 Å². The van der Waals surface area contributed by atoms with E-state index in [-0.39, 0.29) is 18.5 Å². The van der Waals surface area contributed by atoms with E-state index in [0.29, 0.717) is 19.4 Å². The smallest absolute Gasteiger partial charge is 0.305 e. The van der Waals surface area contributed by atoms with Gasteiger partial charge in [0.2, 0.25) is 5.91 Å². The molecule has 0 aliphatic carbocycles. The Hall–Kier alpha value is -2.12. The Morgan fingerprint density at radius 2 is 0.855 bits per heavy atom. The summed E-state index contributed by atoms with van der Waals surface area (Å²) in [6, 6.07) is -0.833. The zero-order valence-corrected chi connectivity index (χ0v) is 49.2. The highest BCUT2D eigenvalue weighted by Crippen LogP contribution is 2.23. The van der Waals surface area contributed by atoms with Gasteiger partial charge in [-0.2, -0.15) is 0 Å². The number of aliphatic hydroxyl groups excluding tert-OH is 5. The molecule has 1 saturated heterocycles. The third-order valence-electron chi connectivity index (χ3n) is 15.2. The number of carbonyl (C=O) groups excluding carboxylic acids is 2. The number of nitrogens with one attached hydrogen (secondary N) is 1. The molecule has 7 atom stereocenters. The molecular weight excluding hydrogens is 955 g/mol. The van der Waals surface area contributed by atoms with Crippen molar-refractivity contribution >= 4 is 11.9 Å². The average molecular weight is 1080 g/mol. The monoisotopic (exact) mass is 1080 g/mol. The van der Waals surface area contributed by atoms with Gasteiger partial charge in [0.25, 0.3) is 0 Å². The Kier molecular flexibility index (Phi) is 51.9. The maximum Gasteiger partial charge on any atom is 0.305 e. The van der Waals surface area contributed by atoms with Crippen LogP contribution in [0, 0.1) is 0 Å². The van der Waals surface area contributed by atoms with E-state index < -0.39 is 49.5 Å². The fraction of sp³-hybridized carbons (Fsp3) is 0.877. The summed E-state index contributed by atoms with van der Waals surface area (Å²) in [6.07, 6.45) is 58.3. The van der Waals surface area contributed by atoms with Gasteiger partial charge in [-0.1, -0.05) is 275 Å². The Morgan fingerprint density at radius 1 is 0.474 bits per heavy atom. The SMILES string of the molecule is CCCC/C=C/CC/C=C/CC/C=C/C(O)C(COC1OC(CO)C(O)C(O)C1O)NC(=O)CCCCCCCCCCCCCCCCCCCCCCCCCCCOC(=O)CCCCCCCCCCCCC. The van der Waals surface area contributed by atoms with E-state index in [1.165, 1.54) is 205 Å². The van der Waals surface area contributed by atoms with Gasteiger partial charge in [-0.3, -0.25) is 9.59 Å². The predicted octanol–water partition coefficient (Wildman–Crippen LogP) is 15.5. The van der Waals surface area contributed by atoms with Gasteiger partial charge in [0.05, 0.1) is 32.0 Å². The van der Waals surface area contributed by atoms with Crippen molar-refractivity contribution in [3.05, 3.63) is 36.5 Å². The first-order chi connectivity index (χ1) is 37.2. The highest BCUT2D eigenvalue weighted by Gasteiger charge is 2.44. The van der Waals surface area contributed by atoms with E-state index in [9.17, 15) is 35.1 Å². The predicted molar refractivity (Wildman–Crippen MR) is 315 cm³/mol. The zero-order chi connectivity index (χ0) is 55.2. The number of ether oxygens (including phenoxy) is 3. The Balaban J connectivity index is 2.01. The van der Waals surface area contributed by atoms with E-state index in [1.807, 2.05) is 6.08 Å². The first kappa shape index (κ1) is 71.9. The minimum absolute atomic E-state index is 0.00491. The molecule has 0 aromatic rings. The number of carbonyl (C=O) groups is 2. The number of esters is 1. The van der Waals surface area contributed by atoms with Crippen molar-refractivity contribution in [2.45, 2.75) is 346 Å². The Labute approximate surface area is 466 Å². The highest BCUT2D eigenvalue weighted by atomic mass is 16.7. The molecule has 0 radical (unpaired) electrons. The van der Waals surface area contributed by atoms with Crippen LogP contribution < -0.4 is 5.32 Å². The molecule has 6 N–H and O–H groups in total. The molecule has 0 aromatic heterocycles. The molecule has 11 heteroatoms. The van der Waals surface area contributed by atoms with E-state index in [0.717, 1.165) is 70.6 Å². The van der Waals surface area contributed by atoms with Crippen molar-refractivity contribution in [2.75, 3.05) is 19.8 Å². The van der Waals surface area contributed by atoms with Gasteiger partial charge in [0, 0.05) is 12.8 Å². The largest absolute Gasteiger partial charge is 0.466 e. The standard InChI is InChI=1S/C65H121NO10/c1-3-5-7-9-11-13-15-32-35-39-43-47-51-58(68)57(56-75-65-64(73)63(72)62(71)59(55-67)76-65)66-60(69)52-48-44-40-36-33-29-27-25-23-21-19-17-16-18-20-22-24-26-28-30-34-38-42-46-50-54-74-61(70)53-49-45-41-37-31-14-12-10-8-6-4-2/h9,11,32,35,47,51,57-59,62-65,67-68,71-73H,3-8,10,12-31,33-34,36-46,48-50,52-56H2,1-2H3,(H,66,69)/b11-9+,35-32+,51-47+. The van der Waals surface area contributed by atoms with Crippen LogP contribution in [0.1, 0.15) is 303 Å². The lowest BCUT2D eigenvalue weighted by Gasteiger charge is -2.40. The average Bonchev–Trinajstić information content (AvgIpc) is 3.42. The molecule has 1 fully saturated rings. The second-order valence-electron chi connectivity index (χ2n) is 22.5. The van der Waals surface area contributed by atoms with Crippen LogP contribution in [0.25, 0.3) is 0 Å². The molecule has 76 heavy (non-hydrogen) atoms. The molecule has 1 rings (SSSR count). The number of unbranched alkanes of at least 4 members (excludes halogenated alkanes) is 38. The molecule has 0 spiro atoms. The number of hydrogen-bond acceptors (Lipinski definition) is 10. The van der Waals surface area contributed by atoms with Gasteiger partial charge in [-0.15, -0.1) is 0 Å². The second-order valence-corrected chi connectivity index (χ2v) is 22.5. The number of hydrogen-bond donors (Lipinski definition) is 6. The normalized spacial score (nSPS) is 18.9. The number of aliphatic hydroxyl groups is 5. The molecule has 7 unspecified atom stereocenters. The van der Waals surface area contributed by atoms with Gasteiger partial charge in [0.1, 0.15) is 24.4 Å². The topological polar surface area (TPSA) is 175 Å². The van der Waals surface area contributed by atoms with Gasteiger partial charge < -0.3 is 45.1 Å². The Morgan fingerprint density at radius 3 is 1.29 bits per heavy atom. The van der Waals surface area contributed by atoms with Crippen LogP contribution in [-0.2, 0) is 23.8 Å². The van der Waals surface area contributed by atoms with Crippen LogP contribution in [0.5, 0.6) is 0 Å². The van der Waals surface area contributed by atoms with Crippen molar-refractivity contribution in [3.8, 4) is 0 Å². The van der Waals surface area contributed by atoms with Crippen LogP contribution in [-0.4, -0.2) is 100 Å². The maximum atomic E-state index is 13.0. The fourth-order valence-corrected chi connectivity index (χ4v) is 10.1. The number of amides is 1. The van der Waals surface area contributed by atoms with Crippen molar-refractivity contribution in [1.82, 2.24) is 5.32 Å². The summed E-state index contributed by atoms with van der Waals surface area (Å²) >= 11 is 0. The fourth-order valence-electron chi connectivity index (χ4n) is 10.1. The van der Waals surface area contributed by atoms with Crippen molar-refractivity contribution < 1.29 is 49.3 Å². The lowest BCUT2D eigenvalue weighted by atomic mass is 9.99. The molecule has 0 aromatic carbocycles. The van der Waals surface area contributed by atoms with E-state index in [2.05, 4.69) is 43.5 Å². The van der Waals surface area contributed by atoms with E-state index in [4.69, 9.17) is 14.2 Å². The van der Waals surface area contributed by atoms with Crippen molar-refractivity contribution in [3.63, 3.8) is 0 Å². The first-order valence-corrected chi connectivity index (χ1v) is 32.3. The maximum absolute atomic E-state index is 13.0. The van der Waals surface area contributed by atoms with Crippen molar-refractivity contribution in [2.24, 2.45) is 0 Å². The number of rotatable bonds is 56. The van der Waals surface area contributed by atoms with Crippen LogP contribution in [0.15, 0.2) is 36.5 Å². The van der Waals surface area contributed by atoms with Crippen molar-refractivity contribution in [1.29, 1.82) is 0 Å². The lowest BCUT2D eigenvalue weighted by molar-refractivity contribution is -0.302. The minimum Gasteiger partial charge on any atom is -0.466 e. The molecule has 0 saturated carbocycles. The first-order valence-electron chi connectivity index (χ1n) is 32.3. The summed E-state index contributed by atoms with van der Waals surface area (Å²) in [5.74, 6) is -0.190. The summed E-state index contributed by atoms with van der Waals surface area (Å²) in [7, 11) is 0. The minimum atomic E-state index is -1.58. The molecule has 1 aliphatic heterocycles. The van der Waals surface area contributed by atoms with Crippen LogP contribution in [0.3, 0.4) is 0 Å². The molecule has 1 amide bonds. The molecule has 1 aliphatic rings. The molecular formula is C65H121NO10. The zero-order valence-electron chi connectivity index (χ0n) is 49.2. The second kappa shape index (κ2) is 54.8. The molecule has 446 valence electrons. The number of allylic oxidation sites excluding steroid dienone is 5. The third-order valence-corrected chi connectivity index (χ3v) is 15.2. The van der Waals surface area contributed by atoms with Crippen LogP contribution >= 0.6 is 0 Å². The molecule has 0 bridgehead atoms. The van der Waals surface area contributed by atoms with Gasteiger partial charge in [-0.25, -0.2) is 0 Å². The van der Waals surface area contributed by atoms with E-state index in [1.54, 1.807) is 6.08 Å². The quantitative estimate of drug-likeness (QED) is 0.0195.